The van der Waals surface area contributed by atoms with E-state index >= 15 is 0 Å². The Kier molecular flexibility index (Phi) is 6.41. The van der Waals surface area contributed by atoms with E-state index in [-0.39, 0.29) is 11.6 Å². The highest BCUT2D eigenvalue weighted by molar-refractivity contribution is 6.33. The topological polar surface area (TPSA) is 125 Å². The number of likely N-dealkylation sites (tertiary alicyclic amines) is 1. The molecule has 0 radical (unpaired) electrons. The van der Waals surface area contributed by atoms with Gasteiger partial charge >= 0.3 is 6.03 Å². The molecule has 2 aromatic rings. The van der Waals surface area contributed by atoms with E-state index in [1.807, 2.05) is 0 Å². The number of amides is 3. The van der Waals surface area contributed by atoms with Crippen molar-refractivity contribution < 1.29 is 9.59 Å². The highest BCUT2D eigenvalue weighted by atomic mass is 35.5. The van der Waals surface area contributed by atoms with Gasteiger partial charge in [-0.25, -0.2) is 9.78 Å². The fraction of sp³-hybridized carbons (Fsp3) is 0.429. The third kappa shape index (κ3) is 5.16. The standard InChI is InChI=1S/C21H26ClN7O2/c22-16-7-6-14(10-17(16)27-21(31)29-8-1-2-9-29)26-20-25-12-15(18(23)30)19(28-20)24-11-13-4-3-5-13/h6-7,10,12-13H,1-5,8-9,11H2,(H2,23,30)(H,27,31)(H2,24,25,26,28). The number of benzene rings is 1. The normalized spacial score (nSPS) is 16.0. The molecule has 0 spiro atoms. The molecule has 5 N–H and O–H groups in total. The van der Waals surface area contributed by atoms with Gasteiger partial charge in [-0.05, 0) is 49.8 Å². The average molecular weight is 444 g/mol. The summed E-state index contributed by atoms with van der Waals surface area (Å²) in [6, 6.07) is 5.02. The molecular weight excluding hydrogens is 418 g/mol. The molecule has 164 valence electrons. The monoisotopic (exact) mass is 443 g/mol. The molecule has 1 aliphatic heterocycles. The van der Waals surface area contributed by atoms with Crippen LogP contribution in [0.3, 0.4) is 0 Å². The zero-order valence-corrected chi connectivity index (χ0v) is 17.9. The summed E-state index contributed by atoms with van der Waals surface area (Å²) >= 11 is 6.27. The number of anilines is 4. The summed E-state index contributed by atoms with van der Waals surface area (Å²) in [5.41, 5.74) is 6.87. The van der Waals surface area contributed by atoms with Gasteiger partial charge in [0, 0.05) is 31.5 Å². The Morgan fingerprint density at radius 2 is 1.97 bits per heavy atom. The SMILES string of the molecule is NC(=O)c1cnc(Nc2ccc(Cl)c(NC(=O)N3CCCC3)c2)nc1NCC1CCC1. The number of nitrogens with one attached hydrogen (secondary N) is 3. The van der Waals surface area contributed by atoms with Crippen molar-refractivity contribution in [2.45, 2.75) is 32.1 Å². The highest BCUT2D eigenvalue weighted by Crippen LogP contribution is 2.29. The van der Waals surface area contributed by atoms with Gasteiger partial charge in [0.25, 0.3) is 5.91 Å². The summed E-state index contributed by atoms with van der Waals surface area (Å²) in [6.45, 7) is 2.24. The predicted molar refractivity (Wildman–Crippen MR) is 121 cm³/mol. The van der Waals surface area contributed by atoms with E-state index in [0.717, 1.165) is 32.5 Å². The van der Waals surface area contributed by atoms with Crippen LogP contribution >= 0.6 is 11.6 Å². The van der Waals surface area contributed by atoms with Crippen LogP contribution in [0.25, 0.3) is 0 Å². The van der Waals surface area contributed by atoms with E-state index in [4.69, 9.17) is 17.3 Å². The number of carbonyl (C=O) groups excluding carboxylic acids is 2. The van der Waals surface area contributed by atoms with Gasteiger partial charge in [-0.3, -0.25) is 4.79 Å². The summed E-state index contributed by atoms with van der Waals surface area (Å²) in [5, 5.41) is 9.62. The summed E-state index contributed by atoms with van der Waals surface area (Å²) < 4.78 is 0. The third-order valence-electron chi connectivity index (χ3n) is 5.69. The van der Waals surface area contributed by atoms with Crippen LogP contribution in [0.2, 0.25) is 5.02 Å². The lowest BCUT2D eigenvalue weighted by atomic mass is 9.85. The zero-order valence-electron chi connectivity index (χ0n) is 17.2. The van der Waals surface area contributed by atoms with Gasteiger partial charge < -0.3 is 26.6 Å². The third-order valence-corrected chi connectivity index (χ3v) is 6.02. The number of primary amides is 1. The molecule has 1 aromatic carbocycles. The van der Waals surface area contributed by atoms with E-state index in [0.29, 0.717) is 34.1 Å². The summed E-state index contributed by atoms with van der Waals surface area (Å²) in [7, 11) is 0. The van der Waals surface area contributed by atoms with Crippen LogP contribution in [0.4, 0.5) is 27.9 Å². The van der Waals surface area contributed by atoms with Crippen LogP contribution in [-0.4, -0.2) is 46.4 Å². The van der Waals surface area contributed by atoms with E-state index in [9.17, 15) is 9.59 Å². The number of carbonyl (C=O) groups is 2. The lowest BCUT2D eigenvalue weighted by molar-refractivity contribution is 0.100. The van der Waals surface area contributed by atoms with Gasteiger partial charge in [0.1, 0.15) is 5.82 Å². The molecule has 2 heterocycles. The number of nitrogens with zero attached hydrogens (tertiary/aromatic N) is 3. The van der Waals surface area contributed by atoms with E-state index < -0.39 is 5.91 Å². The van der Waals surface area contributed by atoms with E-state index in [1.165, 1.54) is 25.5 Å². The molecule has 2 aliphatic rings. The van der Waals surface area contributed by atoms with Crippen LogP contribution < -0.4 is 21.7 Å². The molecule has 1 saturated carbocycles. The molecule has 10 heteroatoms. The van der Waals surface area contributed by atoms with Gasteiger partial charge in [0.2, 0.25) is 5.95 Å². The molecule has 4 rings (SSSR count). The first kappa shape index (κ1) is 21.2. The second-order valence-corrected chi connectivity index (χ2v) is 8.35. The first-order chi connectivity index (χ1) is 15.0. The van der Waals surface area contributed by atoms with Gasteiger partial charge in [-0.15, -0.1) is 0 Å². The Morgan fingerprint density at radius 3 is 2.65 bits per heavy atom. The van der Waals surface area contributed by atoms with Crippen LogP contribution in [0, 0.1) is 5.92 Å². The van der Waals surface area contributed by atoms with Crippen molar-refractivity contribution in [1.29, 1.82) is 0 Å². The number of hydrogen-bond donors (Lipinski definition) is 4. The minimum absolute atomic E-state index is 0.166. The van der Waals surface area contributed by atoms with Gasteiger partial charge in [0.15, 0.2) is 0 Å². The molecule has 2 fully saturated rings. The number of nitrogens with two attached hydrogens (primary N) is 1. The smallest absolute Gasteiger partial charge is 0.321 e. The maximum absolute atomic E-state index is 12.4. The van der Waals surface area contributed by atoms with Crippen LogP contribution in [0.5, 0.6) is 0 Å². The highest BCUT2D eigenvalue weighted by Gasteiger charge is 2.20. The average Bonchev–Trinajstić information content (AvgIpc) is 3.24. The minimum Gasteiger partial charge on any atom is -0.369 e. The quantitative estimate of drug-likeness (QED) is 0.515. The van der Waals surface area contributed by atoms with Crippen molar-refractivity contribution in [3.63, 3.8) is 0 Å². The minimum atomic E-state index is -0.582. The van der Waals surface area contributed by atoms with Gasteiger partial charge in [0.05, 0.1) is 16.3 Å². The molecule has 9 nitrogen and oxygen atoms in total. The Bertz CT molecular complexity index is 974. The lowest BCUT2D eigenvalue weighted by Crippen LogP contribution is -2.32. The first-order valence-electron chi connectivity index (χ1n) is 10.5. The lowest BCUT2D eigenvalue weighted by Gasteiger charge is -2.26. The van der Waals surface area contributed by atoms with Gasteiger partial charge in [-0.1, -0.05) is 18.0 Å². The summed E-state index contributed by atoms with van der Waals surface area (Å²) in [4.78, 5) is 34.5. The van der Waals surface area contributed by atoms with Crippen LogP contribution in [0.1, 0.15) is 42.5 Å². The number of hydrogen-bond acceptors (Lipinski definition) is 6. The number of halogens is 1. The summed E-state index contributed by atoms with van der Waals surface area (Å²) in [5.74, 6) is 0.722. The molecule has 0 atom stereocenters. The molecule has 31 heavy (non-hydrogen) atoms. The molecule has 3 amide bonds. The second kappa shape index (κ2) is 9.38. The van der Waals surface area contributed by atoms with Crippen molar-refractivity contribution in [2.24, 2.45) is 11.7 Å². The van der Waals surface area contributed by atoms with E-state index in [1.54, 1.807) is 23.1 Å². The molecule has 1 saturated heterocycles. The largest absolute Gasteiger partial charge is 0.369 e. The Balaban J connectivity index is 1.48. The Hall–Kier alpha value is -3.07. The molecule has 0 bridgehead atoms. The number of urea groups is 1. The fourth-order valence-electron chi connectivity index (χ4n) is 3.64. The van der Waals surface area contributed by atoms with Crippen LogP contribution in [-0.2, 0) is 0 Å². The maximum atomic E-state index is 12.4. The van der Waals surface area contributed by atoms with Gasteiger partial charge in [-0.2, -0.15) is 4.98 Å². The van der Waals surface area contributed by atoms with Crippen molar-refractivity contribution in [3.8, 4) is 0 Å². The summed E-state index contributed by atoms with van der Waals surface area (Å²) in [6.07, 6.45) is 7.01. The Labute approximate surface area is 185 Å². The molecule has 1 aliphatic carbocycles. The van der Waals surface area contributed by atoms with Crippen LogP contribution in [0.15, 0.2) is 24.4 Å². The molecule has 0 unspecified atom stereocenters. The number of rotatable bonds is 7. The fourth-order valence-corrected chi connectivity index (χ4v) is 3.80. The molecular formula is C21H26ClN7O2. The van der Waals surface area contributed by atoms with E-state index in [2.05, 4.69) is 25.9 Å². The zero-order chi connectivity index (χ0) is 21.8. The maximum Gasteiger partial charge on any atom is 0.321 e. The Morgan fingerprint density at radius 1 is 1.19 bits per heavy atom. The van der Waals surface area contributed by atoms with Crippen molar-refractivity contribution in [2.75, 3.05) is 35.6 Å². The van der Waals surface area contributed by atoms with Crippen molar-refractivity contribution in [3.05, 3.63) is 35.0 Å². The first-order valence-corrected chi connectivity index (χ1v) is 10.9. The van der Waals surface area contributed by atoms with Crippen molar-refractivity contribution in [1.82, 2.24) is 14.9 Å². The predicted octanol–water partition coefficient (Wildman–Crippen LogP) is 3.81. The second-order valence-electron chi connectivity index (χ2n) is 7.94. The number of aromatic nitrogens is 2. The van der Waals surface area contributed by atoms with Crippen molar-refractivity contribution >= 4 is 46.7 Å². The molecule has 1 aromatic heterocycles.